The maximum absolute atomic E-state index is 13.0. The van der Waals surface area contributed by atoms with Gasteiger partial charge in [-0.15, -0.1) is 0 Å². The third-order valence-corrected chi connectivity index (χ3v) is 5.94. The first-order chi connectivity index (χ1) is 15.5. The minimum Gasteiger partial charge on any atom is -0.351 e. The van der Waals surface area contributed by atoms with Crippen LogP contribution in [0.5, 0.6) is 0 Å². The molecule has 4 rings (SSSR count). The molecule has 1 aromatic heterocycles. The van der Waals surface area contributed by atoms with E-state index in [1.54, 1.807) is 23.9 Å². The molecule has 4 aromatic rings. The zero-order chi connectivity index (χ0) is 22.5. The second-order valence-electron chi connectivity index (χ2n) is 7.31. The summed E-state index contributed by atoms with van der Waals surface area (Å²) in [7, 11) is 0. The van der Waals surface area contributed by atoms with E-state index in [1.807, 2.05) is 67.6 Å². The number of carbonyl (C=O) groups is 2. The number of carbonyl (C=O) groups excluding carboxylic acids is 2. The number of thioether (sulfide) groups is 1. The molecule has 0 aliphatic rings. The molecule has 0 saturated heterocycles. The van der Waals surface area contributed by atoms with Crippen molar-refractivity contribution in [3.05, 3.63) is 89.5 Å². The molecular formula is C24H23N5O2S. The highest BCUT2D eigenvalue weighted by atomic mass is 32.2. The lowest BCUT2D eigenvalue weighted by molar-refractivity contribution is 0.0939. The first-order valence-corrected chi connectivity index (χ1v) is 11.1. The van der Waals surface area contributed by atoms with E-state index in [2.05, 4.69) is 20.6 Å². The Hall–Kier alpha value is -3.78. The van der Waals surface area contributed by atoms with E-state index in [1.165, 1.54) is 0 Å². The summed E-state index contributed by atoms with van der Waals surface area (Å²) in [6.07, 6.45) is 0. The number of anilines is 1. The monoisotopic (exact) mass is 445 g/mol. The van der Waals surface area contributed by atoms with E-state index < -0.39 is 6.03 Å². The highest BCUT2D eigenvalue weighted by Gasteiger charge is 2.15. The standard InChI is InChI=1S/C24H23N5O2S/c1-15(16-10-12-18(13-11-16)27-23(25)31)26-22(30)19-7-3-2-6-17(19)14-32-24-28-20-8-4-5-9-21(20)29-24/h2-13,15H,14H2,1H3,(H,26,30)(H,28,29)(H3,25,27,31). The summed E-state index contributed by atoms with van der Waals surface area (Å²) in [6.45, 7) is 1.92. The number of aromatic amines is 1. The second kappa shape index (κ2) is 9.57. The lowest BCUT2D eigenvalue weighted by Gasteiger charge is -2.16. The topological polar surface area (TPSA) is 113 Å². The van der Waals surface area contributed by atoms with Crippen molar-refractivity contribution in [2.24, 2.45) is 5.73 Å². The zero-order valence-electron chi connectivity index (χ0n) is 17.5. The Morgan fingerprint density at radius 2 is 1.75 bits per heavy atom. The van der Waals surface area contributed by atoms with Gasteiger partial charge < -0.3 is 21.4 Å². The highest BCUT2D eigenvalue weighted by Crippen LogP contribution is 2.25. The highest BCUT2D eigenvalue weighted by molar-refractivity contribution is 7.98. The number of H-pyrrole nitrogens is 1. The average Bonchev–Trinajstić information content (AvgIpc) is 3.21. The summed E-state index contributed by atoms with van der Waals surface area (Å²) in [5.41, 5.74) is 10.1. The van der Waals surface area contributed by atoms with Crippen molar-refractivity contribution in [2.75, 3.05) is 5.32 Å². The van der Waals surface area contributed by atoms with Crippen LogP contribution in [0, 0.1) is 0 Å². The van der Waals surface area contributed by atoms with E-state index >= 15 is 0 Å². The van der Waals surface area contributed by atoms with Crippen LogP contribution in [0.2, 0.25) is 0 Å². The molecule has 0 radical (unpaired) electrons. The van der Waals surface area contributed by atoms with E-state index in [0.717, 1.165) is 27.3 Å². The molecule has 0 aliphatic carbocycles. The number of benzene rings is 3. The zero-order valence-corrected chi connectivity index (χ0v) is 18.3. The fourth-order valence-electron chi connectivity index (χ4n) is 3.37. The number of hydrogen-bond acceptors (Lipinski definition) is 4. The summed E-state index contributed by atoms with van der Waals surface area (Å²) < 4.78 is 0. The number of rotatable bonds is 7. The quantitative estimate of drug-likeness (QED) is 0.305. The van der Waals surface area contributed by atoms with Gasteiger partial charge in [-0.05, 0) is 48.4 Å². The molecule has 8 heteroatoms. The molecule has 0 saturated carbocycles. The van der Waals surface area contributed by atoms with E-state index in [9.17, 15) is 9.59 Å². The van der Waals surface area contributed by atoms with Crippen LogP contribution in [0.25, 0.3) is 11.0 Å². The third-order valence-electron chi connectivity index (χ3n) is 5.02. The van der Waals surface area contributed by atoms with Crippen LogP contribution in [0.3, 0.4) is 0 Å². The van der Waals surface area contributed by atoms with Crippen LogP contribution < -0.4 is 16.4 Å². The maximum Gasteiger partial charge on any atom is 0.316 e. The summed E-state index contributed by atoms with van der Waals surface area (Å²) in [4.78, 5) is 31.8. The molecule has 0 aliphatic heterocycles. The predicted octanol–water partition coefficient (Wildman–Crippen LogP) is 4.84. The summed E-state index contributed by atoms with van der Waals surface area (Å²) in [6, 6.07) is 21.8. The Balaban J connectivity index is 1.43. The van der Waals surface area contributed by atoms with Crippen LogP contribution in [-0.2, 0) is 5.75 Å². The molecule has 1 atom stereocenters. The molecule has 7 nitrogen and oxygen atoms in total. The van der Waals surface area contributed by atoms with Crippen molar-refractivity contribution in [1.29, 1.82) is 0 Å². The summed E-state index contributed by atoms with van der Waals surface area (Å²) >= 11 is 1.56. The third kappa shape index (κ3) is 5.09. The van der Waals surface area contributed by atoms with E-state index in [-0.39, 0.29) is 11.9 Å². The molecule has 162 valence electrons. The van der Waals surface area contributed by atoms with Crippen molar-refractivity contribution in [3.63, 3.8) is 0 Å². The number of nitrogens with two attached hydrogens (primary N) is 1. The molecule has 0 spiro atoms. The number of aromatic nitrogens is 2. The molecular weight excluding hydrogens is 422 g/mol. The van der Waals surface area contributed by atoms with E-state index in [0.29, 0.717) is 17.0 Å². The van der Waals surface area contributed by atoms with Crippen molar-refractivity contribution in [3.8, 4) is 0 Å². The van der Waals surface area contributed by atoms with Gasteiger partial charge in [0.2, 0.25) is 0 Å². The minimum atomic E-state index is -0.615. The Morgan fingerprint density at radius 3 is 2.50 bits per heavy atom. The fraction of sp³-hybridized carbons (Fsp3) is 0.125. The number of para-hydroxylation sites is 2. The van der Waals surface area contributed by atoms with Gasteiger partial charge in [-0.1, -0.05) is 54.2 Å². The van der Waals surface area contributed by atoms with Crippen molar-refractivity contribution in [2.45, 2.75) is 23.9 Å². The van der Waals surface area contributed by atoms with E-state index in [4.69, 9.17) is 5.73 Å². The molecule has 0 bridgehead atoms. The normalized spacial score (nSPS) is 11.8. The SMILES string of the molecule is CC(NC(=O)c1ccccc1CSc1nc2ccccc2[nH]1)c1ccc(NC(N)=O)cc1. The lowest BCUT2D eigenvalue weighted by Crippen LogP contribution is -2.27. The van der Waals surface area contributed by atoms with Crippen LogP contribution in [0.1, 0.15) is 34.5 Å². The Labute approximate surface area is 189 Å². The number of hydrogen-bond donors (Lipinski definition) is 4. The van der Waals surface area contributed by atoms with Gasteiger partial charge in [0.25, 0.3) is 5.91 Å². The maximum atomic E-state index is 13.0. The number of nitrogens with one attached hydrogen (secondary N) is 3. The number of imidazole rings is 1. The first kappa shape index (κ1) is 21.5. The summed E-state index contributed by atoms with van der Waals surface area (Å²) in [5.74, 6) is 0.475. The molecule has 1 unspecified atom stereocenters. The lowest BCUT2D eigenvalue weighted by atomic mass is 10.1. The van der Waals surface area contributed by atoms with Gasteiger partial charge in [-0.3, -0.25) is 4.79 Å². The van der Waals surface area contributed by atoms with Crippen molar-refractivity contribution in [1.82, 2.24) is 15.3 Å². The van der Waals surface area contributed by atoms with Crippen LogP contribution in [0.15, 0.2) is 78.0 Å². The minimum absolute atomic E-state index is 0.141. The van der Waals surface area contributed by atoms with Gasteiger partial charge in [-0.2, -0.15) is 0 Å². The van der Waals surface area contributed by atoms with Crippen LogP contribution >= 0.6 is 11.8 Å². The molecule has 3 aromatic carbocycles. The predicted molar refractivity (Wildman–Crippen MR) is 128 cm³/mol. The van der Waals surface area contributed by atoms with Crippen LogP contribution in [0.4, 0.5) is 10.5 Å². The van der Waals surface area contributed by atoms with Gasteiger partial charge >= 0.3 is 6.03 Å². The molecule has 5 N–H and O–H groups in total. The number of amides is 3. The molecule has 1 heterocycles. The Bertz CT molecular complexity index is 1220. The van der Waals surface area contributed by atoms with Gasteiger partial charge in [0, 0.05) is 17.0 Å². The molecule has 32 heavy (non-hydrogen) atoms. The number of primary amides is 1. The number of fused-ring (bicyclic) bond motifs is 1. The smallest absolute Gasteiger partial charge is 0.316 e. The largest absolute Gasteiger partial charge is 0.351 e. The molecule has 0 fully saturated rings. The fourth-order valence-corrected chi connectivity index (χ4v) is 4.26. The van der Waals surface area contributed by atoms with Crippen molar-refractivity contribution < 1.29 is 9.59 Å². The second-order valence-corrected chi connectivity index (χ2v) is 8.28. The number of nitrogens with zero attached hydrogens (tertiary/aromatic N) is 1. The first-order valence-electron chi connectivity index (χ1n) is 10.1. The van der Waals surface area contributed by atoms with Crippen LogP contribution in [-0.4, -0.2) is 21.9 Å². The Morgan fingerprint density at radius 1 is 1.03 bits per heavy atom. The van der Waals surface area contributed by atoms with Gasteiger partial charge in [0.05, 0.1) is 17.1 Å². The summed E-state index contributed by atoms with van der Waals surface area (Å²) in [5, 5.41) is 6.39. The number of urea groups is 1. The Kier molecular flexibility index (Phi) is 6.42. The molecule has 3 amide bonds. The van der Waals surface area contributed by atoms with Gasteiger partial charge in [0.1, 0.15) is 0 Å². The van der Waals surface area contributed by atoms with Gasteiger partial charge in [0.15, 0.2) is 5.16 Å². The van der Waals surface area contributed by atoms with Gasteiger partial charge in [-0.25, -0.2) is 9.78 Å². The average molecular weight is 446 g/mol. The van der Waals surface area contributed by atoms with Crippen molar-refractivity contribution >= 4 is 40.4 Å².